The van der Waals surface area contributed by atoms with Gasteiger partial charge in [-0.05, 0) is 48.1 Å². The number of para-hydroxylation sites is 1. The second-order valence-corrected chi connectivity index (χ2v) is 10.5. The molecule has 1 heterocycles. The van der Waals surface area contributed by atoms with Crippen LogP contribution in [0.5, 0.6) is 0 Å². The minimum atomic E-state index is -0.430. The fourth-order valence-corrected chi connectivity index (χ4v) is 5.06. The maximum absolute atomic E-state index is 13.2. The third kappa shape index (κ3) is 5.19. The fraction of sp³-hybridized carbons (Fsp3) is 0.385. The van der Waals surface area contributed by atoms with E-state index in [0.717, 1.165) is 31.2 Å². The van der Waals surface area contributed by atoms with E-state index in [1.807, 2.05) is 30.3 Å². The first-order valence-corrected chi connectivity index (χ1v) is 12.3. The summed E-state index contributed by atoms with van der Waals surface area (Å²) in [4.78, 5) is 42.9. The number of aromatic nitrogens is 2. The van der Waals surface area contributed by atoms with Gasteiger partial charge in [0.25, 0.3) is 11.5 Å². The van der Waals surface area contributed by atoms with Gasteiger partial charge in [-0.1, -0.05) is 69.6 Å². The highest BCUT2D eigenvalue weighted by Gasteiger charge is 2.24. The lowest BCUT2D eigenvalue weighted by Crippen LogP contribution is -2.32. The van der Waals surface area contributed by atoms with Crippen molar-refractivity contribution in [3.05, 3.63) is 70.0 Å². The molecular weight excluding hydrogens is 434 g/mol. The van der Waals surface area contributed by atoms with Crippen LogP contribution in [-0.2, 0) is 10.2 Å². The van der Waals surface area contributed by atoms with E-state index in [0.29, 0.717) is 21.6 Å². The van der Waals surface area contributed by atoms with Crippen LogP contribution in [0, 0.1) is 0 Å². The number of rotatable bonds is 5. The maximum Gasteiger partial charge on any atom is 0.262 e. The molecule has 0 saturated heterocycles. The van der Waals surface area contributed by atoms with Gasteiger partial charge in [0.05, 0.1) is 16.7 Å². The number of fused-ring (bicyclic) bond motifs is 1. The Bertz CT molecular complexity index is 1240. The highest BCUT2D eigenvalue weighted by atomic mass is 32.2. The molecule has 0 radical (unpaired) electrons. The second kappa shape index (κ2) is 9.51. The summed E-state index contributed by atoms with van der Waals surface area (Å²) < 4.78 is 1.75. The van der Waals surface area contributed by atoms with Crippen LogP contribution in [0.15, 0.2) is 58.5 Å². The summed E-state index contributed by atoms with van der Waals surface area (Å²) in [6.45, 7) is 6.32. The lowest BCUT2D eigenvalue weighted by molar-refractivity contribution is -0.117. The minimum Gasteiger partial charge on any atom is -0.292 e. The summed E-state index contributed by atoms with van der Waals surface area (Å²) in [5, 5.41) is 3.57. The molecule has 2 amide bonds. The second-order valence-electron chi connectivity index (χ2n) is 9.52. The van der Waals surface area contributed by atoms with Crippen molar-refractivity contribution in [1.82, 2.24) is 14.9 Å². The molecule has 4 rings (SSSR count). The van der Waals surface area contributed by atoms with Gasteiger partial charge in [-0.15, -0.1) is 0 Å². The zero-order chi connectivity index (χ0) is 23.6. The summed E-state index contributed by atoms with van der Waals surface area (Å²) in [6, 6.07) is 14.7. The highest BCUT2D eigenvalue weighted by Crippen LogP contribution is 2.32. The average Bonchev–Trinajstić information content (AvgIpc) is 3.31. The molecule has 6 nitrogen and oxygen atoms in total. The third-order valence-corrected chi connectivity index (χ3v) is 7.02. The predicted octanol–water partition coefficient (Wildman–Crippen LogP) is 4.86. The van der Waals surface area contributed by atoms with Crippen LogP contribution in [-0.4, -0.2) is 27.1 Å². The van der Waals surface area contributed by atoms with Gasteiger partial charge < -0.3 is 0 Å². The SMILES string of the molecule is CC(C)(C)c1ccc(C(=O)NC(=O)CSc2nc3ccccc3c(=O)n2C2CCCC2)cc1. The molecule has 2 aromatic carbocycles. The number of thioether (sulfide) groups is 1. The van der Waals surface area contributed by atoms with E-state index in [-0.39, 0.29) is 22.8 Å². The van der Waals surface area contributed by atoms with E-state index in [2.05, 4.69) is 31.1 Å². The summed E-state index contributed by atoms with van der Waals surface area (Å²) in [5.41, 5.74) is 2.10. The average molecular weight is 464 g/mol. The Balaban J connectivity index is 1.49. The summed E-state index contributed by atoms with van der Waals surface area (Å²) in [6.07, 6.45) is 4.03. The number of carbonyl (C=O) groups excluding carboxylic acids is 2. The monoisotopic (exact) mass is 463 g/mol. The molecule has 0 spiro atoms. The molecular formula is C26H29N3O3S. The molecule has 7 heteroatoms. The Labute approximate surface area is 197 Å². The number of hydrogen-bond acceptors (Lipinski definition) is 5. The van der Waals surface area contributed by atoms with Gasteiger partial charge in [0, 0.05) is 11.6 Å². The van der Waals surface area contributed by atoms with Crippen molar-refractivity contribution in [2.75, 3.05) is 5.75 Å². The zero-order valence-corrected chi connectivity index (χ0v) is 20.1. The molecule has 0 unspecified atom stereocenters. The first kappa shape index (κ1) is 23.2. The summed E-state index contributed by atoms with van der Waals surface area (Å²) in [7, 11) is 0. The Morgan fingerprint density at radius 1 is 1.06 bits per heavy atom. The van der Waals surface area contributed by atoms with E-state index in [4.69, 9.17) is 0 Å². The number of hydrogen-bond donors (Lipinski definition) is 1. The minimum absolute atomic E-state index is 0.00329. The number of nitrogens with one attached hydrogen (secondary N) is 1. The van der Waals surface area contributed by atoms with E-state index >= 15 is 0 Å². The third-order valence-electron chi connectivity index (χ3n) is 6.06. The van der Waals surface area contributed by atoms with Crippen LogP contribution >= 0.6 is 11.8 Å². The van der Waals surface area contributed by atoms with Crippen molar-refractivity contribution >= 4 is 34.5 Å². The van der Waals surface area contributed by atoms with Crippen LogP contribution in [0.25, 0.3) is 10.9 Å². The molecule has 0 bridgehead atoms. The van der Waals surface area contributed by atoms with Crippen molar-refractivity contribution in [2.45, 2.75) is 63.1 Å². The lowest BCUT2D eigenvalue weighted by Gasteiger charge is -2.19. The number of imide groups is 1. The van der Waals surface area contributed by atoms with Crippen molar-refractivity contribution in [1.29, 1.82) is 0 Å². The molecule has 0 aliphatic heterocycles. The standard InChI is InChI=1S/C26H29N3O3S/c1-26(2,3)18-14-12-17(13-15-18)23(31)28-22(30)16-33-25-27-21-11-7-6-10-20(21)24(32)29(25)19-8-4-5-9-19/h6-7,10-15,19H,4-5,8-9,16H2,1-3H3,(H,28,30,31). The van der Waals surface area contributed by atoms with Gasteiger partial charge in [0.15, 0.2) is 5.16 Å². The molecule has 1 aromatic heterocycles. The molecule has 1 N–H and O–H groups in total. The Morgan fingerprint density at radius 3 is 2.39 bits per heavy atom. The van der Waals surface area contributed by atoms with Gasteiger partial charge in [0.2, 0.25) is 5.91 Å². The van der Waals surface area contributed by atoms with Gasteiger partial charge in [-0.3, -0.25) is 24.3 Å². The van der Waals surface area contributed by atoms with E-state index in [9.17, 15) is 14.4 Å². The molecule has 1 saturated carbocycles. The topological polar surface area (TPSA) is 81.1 Å². The summed E-state index contributed by atoms with van der Waals surface area (Å²) in [5.74, 6) is -0.838. The highest BCUT2D eigenvalue weighted by molar-refractivity contribution is 7.99. The number of nitrogens with zero attached hydrogens (tertiary/aromatic N) is 2. The number of benzene rings is 2. The molecule has 33 heavy (non-hydrogen) atoms. The van der Waals surface area contributed by atoms with E-state index in [1.165, 1.54) is 11.8 Å². The fourth-order valence-electron chi connectivity index (χ4n) is 4.20. The Kier molecular flexibility index (Phi) is 6.70. The molecule has 172 valence electrons. The van der Waals surface area contributed by atoms with Gasteiger partial charge in [0.1, 0.15) is 0 Å². The Hall–Kier alpha value is -2.93. The largest absolute Gasteiger partial charge is 0.292 e. The molecule has 1 aliphatic carbocycles. The van der Waals surface area contributed by atoms with Crippen LogP contribution < -0.4 is 10.9 Å². The summed E-state index contributed by atoms with van der Waals surface area (Å²) >= 11 is 1.20. The first-order valence-electron chi connectivity index (χ1n) is 11.3. The van der Waals surface area contributed by atoms with Crippen molar-refractivity contribution in [3.63, 3.8) is 0 Å². The maximum atomic E-state index is 13.2. The van der Waals surface area contributed by atoms with Crippen molar-refractivity contribution in [2.24, 2.45) is 0 Å². The van der Waals surface area contributed by atoms with Crippen molar-refractivity contribution < 1.29 is 9.59 Å². The van der Waals surface area contributed by atoms with Crippen molar-refractivity contribution in [3.8, 4) is 0 Å². The predicted molar refractivity (Wildman–Crippen MR) is 132 cm³/mol. The lowest BCUT2D eigenvalue weighted by atomic mass is 9.87. The van der Waals surface area contributed by atoms with Gasteiger partial charge >= 0.3 is 0 Å². The number of carbonyl (C=O) groups is 2. The van der Waals surface area contributed by atoms with Crippen LogP contribution in [0.2, 0.25) is 0 Å². The Morgan fingerprint density at radius 2 is 1.73 bits per heavy atom. The normalized spacial score (nSPS) is 14.5. The van der Waals surface area contributed by atoms with Crippen LogP contribution in [0.1, 0.15) is 68.4 Å². The first-order chi connectivity index (χ1) is 15.7. The van der Waals surface area contributed by atoms with E-state index < -0.39 is 11.8 Å². The number of amides is 2. The van der Waals surface area contributed by atoms with Crippen LogP contribution in [0.4, 0.5) is 0 Å². The van der Waals surface area contributed by atoms with Crippen LogP contribution in [0.3, 0.4) is 0 Å². The van der Waals surface area contributed by atoms with Gasteiger partial charge in [-0.25, -0.2) is 4.98 Å². The molecule has 0 atom stereocenters. The zero-order valence-electron chi connectivity index (χ0n) is 19.3. The van der Waals surface area contributed by atoms with E-state index in [1.54, 1.807) is 22.8 Å². The smallest absolute Gasteiger partial charge is 0.262 e. The quantitative estimate of drug-likeness (QED) is 0.432. The molecule has 1 fully saturated rings. The van der Waals surface area contributed by atoms with Gasteiger partial charge in [-0.2, -0.15) is 0 Å². The molecule has 3 aromatic rings. The molecule has 1 aliphatic rings.